The van der Waals surface area contributed by atoms with Gasteiger partial charge >= 0.3 is 0 Å². The lowest BCUT2D eigenvalue weighted by atomic mass is 9.48. The molecule has 0 unspecified atom stereocenters. The molecule has 4 aliphatic carbocycles. The maximum absolute atomic E-state index is 13.3. The second-order valence-corrected chi connectivity index (χ2v) is 9.96. The SMILES string of the molecule is O=C(C[NH+]1CC[NH+](Cc2ccccc2)CC1)C12CC3CC(CC(C3)C1)C2. The number of benzene rings is 1. The van der Waals surface area contributed by atoms with Gasteiger partial charge in [0.15, 0.2) is 5.78 Å². The van der Waals surface area contributed by atoms with E-state index < -0.39 is 0 Å². The number of ketones is 1. The van der Waals surface area contributed by atoms with Gasteiger partial charge in [-0.15, -0.1) is 0 Å². The van der Waals surface area contributed by atoms with Gasteiger partial charge in [-0.1, -0.05) is 30.3 Å². The van der Waals surface area contributed by atoms with Crippen LogP contribution in [0.2, 0.25) is 0 Å². The van der Waals surface area contributed by atoms with E-state index in [1.54, 1.807) is 9.80 Å². The first-order chi connectivity index (χ1) is 12.7. The standard InChI is InChI=1S/C23H32N2O/c26-22(23-13-19-10-20(14-23)12-21(11-19)15-23)17-25-8-6-24(7-9-25)16-18-4-2-1-3-5-18/h1-5,19-21H,6-17H2/p+2. The van der Waals surface area contributed by atoms with Crippen molar-refractivity contribution in [3.8, 4) is 0 Å². The van der Waals surface area contributed by atoms with Crippen LogP contribution in [-0.4, -0.2) is 38.5 Å². The van der Waals surface area contributed by atoms with Crippen LogP contribution < -0.4 is 9.80 Å². The number of quaternary nitrogens is 2. The molecule has 5 aliphatic rings. The number of piperazine rings is 1. The molecule has 0 radical (unpaired) electrons. The number of carbonyl (C=O) groups excluding carboxylic acids is 1. The molecule has 3 heteroatoms. The monoisotopic (exact) mass is 354 g/mol. The Hall–Kier alpha value is -1.19. The first-order valence-corrected chi connectivity index (χ1v) is 10.9. The van der Waals surface area contributed by atoms with E-state index in [1.807, 2.05) is 0 Å². The molecule has 1 aromatic rings. The van der Waals surface area contributed by atoms with E-state index >= 15 is 0 Å². The minimum atomic E-state index is 0.107. The highest BCUT2D eigenvalue weighted by Gasteiger charge is 2.55. The minimum absolute atomic E-state index is 0.107. The van der Waals surface area contributed by atoms with Crippen LogP contribution in [0.4, 0.5) is 0 Å². The van der Waals surface area contributed by atoms with Crippen molar-refractivity contribution in [3.63, 3.8) is 0 Å². The summed E-state index contributed by atoms with van der Waals surface area (Å²) in [5.74, 6) is 3.28. The van der Waals surface area contributed by atoms with Gasteiger partial charge in [-0.3, -0.25) is 4.79 Å². The van der Waals surface area contributed by atoms with Gasteiger partial charge in [0.25, 0.3) is 0 Å². The molecule has 140 valence electrons. The van der Waals surface area contributed by atoms with Crippen LogP contribution in [0.3, 0.4) is 0 Å². The summed E-state index contributed by atoms with van der Waals surface area (Å²) in [5.41, 5.74) is 1.55. The largest absolute Gasteiger partial charge is 0.322 e. The van der Waals surface area contributed by atoms with E-state index in [0.29, 0.717) is 5.78 Å². The Morgan fingerprint density at radius 2 is 1.38 bits per heavy atom. The predicted octanol–water partition coefficient (Wildman–Crippen LogP) is 0.756. The fourth-order valence-corrected chi connectivity index (χ4v) is 7.06. The molecule has 0 aromatic heterocycles. The number of Topliss-reactive ketones (excluding diaryl/α,β-unsaturated/α-hetero) is 1. The lowest BCUT2D eigenvalue weighted by molar-refractivity contribution is -1.02. The molecule has 6 rings (SSSR count). The Kier molecular flexibility index (Phi) is 4.41. The van der Waals surface area contributed by atoms with E-state index in [1.165, 1.54) is 70.3 Å². The summed E-state index contributed by atoms with van der Waals surface area (Å²) in [4.78, 5) is 16.6. The molecule has 2 N–H and O–H groups in total. The van der Waals surface area contributed by atoms with Crippen LogP contribution in [-0.2, 0) is 11.3 Å². The molecule has 5 fully saturated rings. The summed E-state index contributed by atoms with van der Waals surface area (Å²) in [5, 5.41) is 0. The quantitative estimate of drug-likeness (QED) is 0.802. The van der Waals surface area contributed by atoms with Gasteiger partial charge < -0.3 is 9.80 Å². The second-order valence-electron chi connectivity index (χ2n) is 9.96. The Balaban J connectivity index is 1.15. The van der Waals surface area contributed by atoms with E-state index in [-0.39, 0.29) is 5.41 Å². The first kappa shape index (κ1) is 16.9. The van der Waals surface area contributed by atoms with Gasteiger partial charge in [-0.2, -0.15) is 0 Å². The molecule has 0 atom stereocenters. The van der Waals surface area contributed by atoms with Crippen LogP contribution in [0.15, 0.2) is 30.3 Å². The average Bonchev–Trinajstić information content (AvgIpc) is 2.63. The van der Waals surface area contributed by atoms with Crippen LogP contribution >= 0.6 is 0 Å². The van der Waals surface area contributed by atoms with Crippen LogP contribution in [0, 0.1) is 23.2 Å². The third-order valence-corrected chi connectivity index (χ3v) is 8.00. The molecule has 1 saturated heterocycles. The molecular formula is C23H34N2O+2. The molecule has 4 saturated carbocycles. The molecule has 1 heterocycles. The van der Waals surface area contributed by atoms with Gasteiger partial charge in [-0.05, 0) is 56.3 Å². The fourth-order valence-electron chi connectivity index (χ4n) is 7.06. The van der Waals surface area contributed by atoms with Gasteiger partial charge in [0.2, 0.25) is 0 Å². The third-order valence-electron chi connectivity index (χ3n) is 8.00. The van der Waals surface area contributed by atoms with Crippen molar-refractivity contribution in [3.05, 3.63) is 35.9 Å². The normalized spacial score (nSPS) is 41.3. The number of rotatable bonds is 5. The van der Waals surface area contributed by atoms with Crippen molar-refractivity contribution in [1.29, 1.82) is 0 Å². The summed E-state index contributed by atoms with van der Waals surface area (Å²) in [7, 11) is 0. The van der Waals surface area contributed by atoms with Crippen molar-refractivity contribution in [2.24, 2.45) is 23.2 Å². The number of nitrogens with one attached hydrogen (secondary N) is 2. The van der Waals surface area contributed by atoms with Crippen LogP contribution in [0.1, 0.15) is 44.1 Å². The first-order valence-electron chi connectivity index (χ1n) is 10.9. The minimum Gasteiger partial charge on any atom is -0.322 e. The van der Waals surface area contributed by atoms with Crippen molar-refractivity contribution in [2.75, 3.05) is 32.7 Å². The second kappa shape index (κ2) is 6.76. The average molecular weight is 355 g/mol. The highest BCUT2D eigenvalue weighted by molar-refractivity contribution is 5.86. The number of hydrogen-bond donors (Lipinski definition) is 2. The maximum Gasteiger partial charge on any atom is 0.192 e. The number of carbonyl (C=O) groups is 1. The van der Waals surface area contributed by atoms with Crippen molar-refractivity contribution < 1.29 is 14.6 Å². The summed E-state index contributed by atoms with van der Waals surface area (Å²) in [6.45, 7) is 6.69. The highest BCUT2D eigenvalue weighted by Crippen LogP contribution is 2.60. The summed E-state index contributed by atoms with van der Waals surface area (Å²) < 4.78 is 0. The highest BCUT2D eigenvalue weighted by atomic mass is 16.1. The molecule has 0 spiro atoms. The molecule has 0 amide bonds. The van der Waals surface area contributed by atoms with Crippen molar-refractivity contribution in [1.82, 2.24) is 0 Å². The Morgan fingerprint density at radius 1 is 0.846 bits per heavy atom. The molecule has 4 bridgehead atoms. The topological polar surface area (TPSA) is 26.0 Å². The van der Waals surface area contributed by atoms with Gasteiger partial charge in [-0.25, -0.2) is 0 Å². The molecule has 3 nitrogen and oxygen atoms in total. The zero-order chi connectivity index (χ0) is 17.6. The zero-order valence-corrected chi connectivity index (χ0v) is 16.0. The molecule has 1 aliphatic heterocycles. The molecule has 1 aromatic carbocycles. The van der Waals surface area contributed by atoms with Crippen molar-refractivity contribution >= 4 is 5.78 Å². The molecular weight excluding hydrogens is 320 g/mol. The van der Waals surface area contributed by atoms with Gasteiger partial charge in [0.05, 0.1) is 0 Å². The summed E-state index contributed by atoms with van der Waals surface area (Å²) >= 11 is 0. The van der Waals surface area contributed by atoms with Crippen LogP contribution in [0.5, 0.6) is 0 Å². The maximum atomic E-state index is 13.3. The van der Waals surface area contributed by atoms with Crippen LogP contribution in [0.25, 0.3) is 0 Å². The Morgan fingerprint density at radius 3 is 1.96 bits per heavy atom. The summed E-state index contributed by atoms with van der Waals surface area (Å²) in [6, 6.07) is 10.9. The summed E-state index contributed by atoms with van der Waals surface area (Å²) in [6.07, 6.45) is 7.99. The lowest BCUT2D eigenvalue weighted by Crippen LogP contribution is -3.28. The van der Waals surface area contributed by atoms with Crippen molar-refractivity contribution in [2.45, 2.75) is 45.1 Å². The third kappa shape index (κ3) is 3.25. The Bertz CT molecular complexity index is 612. The van der Waals surface area contributed by atoms with E-state index in [2.05, 4.69) is 30.3 Å². The van der Waals surface area contributed by atoms with E-state index in [4.69, 9.17) is 0 Å². The van der Waals surface area contributed by atoms with E-state index in [0.717, 1.165) is 30.8 Å². The lowest BCUT2D eigenvalue weighted by Gasteiger charge is -2.55. The molecule has 26 heavy (non-hydrogen) atoms. The van der Waals surface area contributed by atoms with Gasteiger partial charge in [0.1, 0.15) is 39.3 Å². The fraction of sp³-hybridized carbons (Fsp3) is 0.696. The smallest absolute Gasteiger partial charge is 0.192 e. The predicted molar refractivity (Wildman–Crippen MR) is 102 cm³/mol. The van der Waals surface area contributed by atoms with Gasteiger partial charge in [0, 0.05) is 11.0 Å². The Labute approximate surface area is 157 Å². The van der Waals surface area contributed by atoms with E-state index in [9.17, 15) is 4.79 Å². The zero-order valence-electron chi connectivity index (χ0n) is 16.0. The number of hydrogen-bond acceptors (Lipinski definition) is 1.